The highest BCUT2D eigenvalue weighted by molar-refractivity contribution is 7.25. The number of aromatic nitrogens is 1. The van der Waals surface area contributed by atoms with E-state index in [4.69, 9.17) is 0 Å². The molecule has 1 N–H and O–H groups in total. The molecular formula is C16H19NS. The first-order chi connectivity index (χ1) is 8.56. The Morgan fingerprint density at radius 3 is 2.39 bits per heavy atom. The van der Waals surface area contributed by atoms with Gasteiger partial charge in [0.2, 0.25) is 0 Å². The molecule has 3 rings (SSSR count). The average Bonchev–Trinajstić information content (AvgIpc) is 2.84. The summed E-state index contributed by atoms with van der Waals surface area (Å²) in [5, 5.41) is 1.37. The van der Waals surface area contributed by atoms with Gasteiger partial charge in [-0.05, 0) is 29.5 Å². The van der Waals surface area contributed by atoms with Gasteiger partial charge in [-0.25, -0.2) is 0 Å². The Labute approximate surface area is 112 Å². The van der Waals surface area contributed by atoms with Crippen molar-refractivity contribution in [2.24, 2.45) is 0 Å². The Morgan fingerprint density at radius 1 is 0.944 bits per heavy atom. The predicted octanol–water partition coefficient (Wildman–Crippen LogP) is 5.63. The molecule has 2 heterocycles. The number of hydrogen-bond acceptors (Lipinski definition) is 1. The molecule has 0 unspecified atom stereocenters. The van der Waals surface area contributed by atoms with Crippen LogP contribution in [-0.4, -0.2) is 4.98 Å². The molecule has 0 bridgehead atoms. The molecule has 94 valence electrons. The molecule has 0 aliphatic rings. The normalized spacial score (nSPS) is 12.3. The number of H-pyrrole nitrogens is 1. The minimum absolute atomic E-state index is 0.564. The van der Waals surface area contributed by atoms with Crippen LogP contribution in [0.15, 0.2) is 24.3 Å². The monoisotopic (exact) mass is 257 g/mol. The fourth-order valence-electron chi connectivity index (χ4n) is 2.35. The van der Waals surface area contributed by atoms with Crippen molar-refractivity contribution in [3.8, 4) is 0 Å². The van der Waals surface area contributed by atoms with E-state index in [2.05, 4.69) is 56.9 Å². The number of aromatic amines is 1. The largest absolute Gasteiger partial charge is 0.357 e. The van der Waals surface area contributed by atoms with Crippen molar-refractivity contribution in [1.82, 2.24) is 4.98 Å². The molecule has 18 heavy (non-hydrogen) atoms. The molecule has 0 fully saturated rings. The van der Waals surface area contributed by atoms with Gasteiger partial charge in [0.15, 0.2) is 0 Å². The van der Waals surface area contributed by atoms with E-state index in [-0.39, 0.29) is 0 Å². The summed E-state index contributed by atoms with van der Waals surface area (Å²) in [6.45, 7) is 8.96. The van der Waals surface area contributed by atoms with Crippen LogP contribution < -0.4 is 0 Å². The lowest BCUT2D eigenvalue weighted by Gasteiger charge is -2.04. The van der Waals surface area contributed by atoms with Crippen molar-refractivity contribution < 1.29 is 0 Å². The Kier molecular flexibility index (Phi) is 2.70. The maximum atomic E-state index is 3.58. The van der Waals surface area contributed by atoms with E-state index >= 15 is 0 Å². The van der Waals surface area contributed by atoms with E-state index in [0.717, 1.165) is 0 Å². The van der Waals surface area contributed by atoms with Crippen LogP contribution >= 0.6 is 11.3 Å². The summed E-state index contributed by atoms with van der Waals surface area (Å²) in [6, 6.07) is 9.17. The minimum atomic E-state index is 0.564. The second-order valence-corrected chi connectivity index (χ2v) is 6.71. The molecule has 0 saturated carbocycles. The molecule has 1 nitrogen and oxygen atoms in total. The molecule has 0 aliphatic heterocycles. The van der Waals surface area contributed by atoms with Crippen molar-refractivity contribution in [3.63, 3.8) is 0 Å². The highest BCUT2D eigenvalue weighted by atomic mass is 32.1. The fourth-order valence-corrected chi connectivity index (χ4v) is 3.52. The first kappa shape index (κ1) is 11.8. The van der Waals surface area contributed by atoms with Gasteiger partial charge in [0.05, 0.1) is 10.2 Å². The number of rotatable bonds is 2. The topological polar surface area (TPSA) is 15.8 Å². The summed E-state index contributed by atoms with van der Waals surface area (Å²) in [5.41, 5.74) is 4.08. The highest BCUT2D eigenvalue weighted by Gasteiger charge is 2.11. The van der Waals surface area contributed by atoms with E-state index in [9.17, 15) is 0 Å². The molecule has 2 heteroatoms. The fraction of sp³-hybridized carbons (Fsp3) is 0.375. The third-order valence-corrected chi connectivity index (χ3v) is 4.69. The van der Waals surface area contributed by atoms with Gasteiger partial charge < -0.3 is 4.98 Å². The third kappa shape index (κ3) is 1.76. The van der Waals surface area contributed by atoms with Crippen molar-refractivity contribution in [3.05, 3.63) is 35.5 Å². The van der Waals surface area contributed by atoms with Gasteiger partial charge in [0, 0.05) is 15.8 Å². The Bertz CT molecular complexity index is 691. The van der Waals surface area contributed by atoms with Crippen LogP contribution in [0.25, 0.3) is 20.3 Å². The molecule has 2 aromatic heterocycles. The average molecular weight is 257 g/mol. The summed E-state index contributed by atoms with van der Waals surface area (Å²) < 4.78 is 2.78. The molecule has 3 aromatic rings. The summed E-state index contributed by atoms with van der Waals surface area (Å²) in [7, 11) is 0. The van der Waals surface area contributed by atoms with Gasteiger partial charge >= 0.3 is 0 Å². The molecule has 0 aliphatic carbocycles. The van der Waals surface area contributed by atoms with Crippen molar-refractivity contribution >= 4 is 31.6 Å². The number of nitrogens with one attached hydrogen (secondary N) is 1. The summed E-state index contributed by atoms with van der Waals surface area (Å²) >= 11 is 1.90. The summed E-state index contributed by atoms with van der Waals surface area (Å²) in [4.78, 5) is 3.58. The smallest absolute Gasteiger partial charge is 0.0645 e. The lowest BCUT2D eigenvalue weighted by molar-refractivity contribution is 0.837. The number of thiophene rings is 1. The Balaban J connectivity index is 2.23. The zero-order valence-electron chi connectivity index (χ0n) is 11.4. The van der Waals surface area contributed by atoms with Crippen LogP contribution in [0.3, 0.4) is 0 Å². The van der Waals surface area contributed by atoms with Crippen LogP contribution in [0.1, 0.15) is 50.8 Å². The standard InChI is InChI=1S/C16H19NS/c1-9(2)11-5-6-12-14(7-11)18-15-8-13(10(3)4)17-16(12)15/h5-10,17H,1-4H3. The van der Waals surface area contributed by atoms with Crippen LogP contribution in [0.5, 0.6) is 0 Å². The summed E-state index contributed by atoms with van der Waals surface area (Å²) in [6.07, 6.45) is 0. The molecule has 0 atom stereocenters. The Morgan fingerprint density at radius 2 is 1.72 bits per heavy atom. The van der Waals surface area contributed by atoms with Crippen LogP contribution in [0, 0.1) is 0 Å². The lowest BCUT2D eigenvalue weighted by Crippen LogP contribution is -1.86. The second-order valence-electron chi connectivity index (χ2n) is 5.63. The van der Waals surface area contributed by atoms with E-state index < -0.39 is 0 Å². The summed E-state index contributed by atoms with van der Waals surface area (Å²) in [5.74, 6) is 1.16. The first-order valence-corrected chi connectivity index (χ1v) is 7.43. The maximum Gasteiger partial charge on any atom is 0.0645 e. The predicted molar refractivity (Wildman–Crippen MR) is 81.9 cm³/mol. The quantitative estimate of drug-likeness (QED) is 0.612. The van der Waals surface area contributed by atoms with Gasteiger partial charge in [-0.1, -0.05) is 39.8 Å². The second kappa shape index (κ2) is 4.13. The van der Waals surface area contributed by atoms with Crippen LogP contribution in [0.2, 0.25) is 0 Å². The first-order valence-electron chi connectivity index (χ1n) is 6.61. The van der Waals surface area contributed by atoms with Gasteiger partial charge in [0.25, 0.3) is 0 Å². The molecular weight excluding hydrogens is 238 g/mol. The van der Waals surface area contributed by atoms with Crippen molar-refractivity contribution in [2.75, 3.05) is 0 Å². The zero-order valence-corrected chi connectivity index (χ0v) is 12.2. The van der Waals surface area contributed by atoms with E-state index in [1.54, 1.807) is 0 Å². The lowest BCUT2D eigenvalue weighted by atomic mass is 10.0. The third-order valence-electron chi connectivity index (χ3n) is 3.59. The van der Waals surface area contributed by atoms with Gasteiger partial charge in [0.1, 0.15) is 0 Å². The molecule has 0 spiro atoms. The van der Waals surface area contributed by atoms with E-state index in [1.807, 2.05) is 11.3 Å². The molecule has 0 amide bonds. The van der Waals surface area contributed by atoms with Crippen LogP contribution in [-0.2, 0) is 0 Å². The van der Waals surface area contributed by atoms with Gasteiger partial charge in [-0.15, -0.1) is 11.3 Å². The Hall–Kier alpha value is -1.28. The minimum Gasteiger partial charge on any atom is -0.357 e. The number of fused-ring (bicyclic) bond motifs is 3. The SMILES string of the molecule is CC(C)c1ccc2c(c1)sc1cc(C(C)C)[nH]c12. The molecule has 1 aromatic carbocycles. The van der Waals surface area contributed by atoms with E-state index in [0.29, 0.717) is 11.8 Å². The van der Waals surface area contributed by atoms with Crippen molar-refractivity contribution in [1.29, 1.82) is 0 Å². The number of hydrogen-bond donors (Lipinski definition) is 1. The van der Waals surface area contributed by atoms with Gasteiger partial charge in [-0.3, -0.25) is 0 Å². The number of benzene rings is 1. The van der Waals surface area contributed by atoms with E-state index in [1.165, 1.54) is 31.6 Å². The highest BCUT2D eigenvalue weighted by Crippen LogP contribution is 2.36. The van der Waals surface area contributed by atoms with Crippen LogP contribution in [0.4, 0.5) is 0 Å². The zero-order chi connectivity index (χ0) is 12.9. The van der Waals surface area contributed by atoms with Crippen molar-refractivity contribution in [2.45, 2.75) is 39.5 Å². The maximum absolute atomic E-state index is 3.58. The molecule has 0 radical (unpaired) electrons. The molecule has 0 saturated heterocycles. The van der Waals surface area contributed by atoms with Gasteiger partial charge in [-0.2, -0.15) is 0 Å².